The van der Waals surface area contributed by atoms with E-state index in [0.717, 1.165) is 50.0 Å². The van der Waals surface area contributed by atoms with Gasteiger partial charge in [0.05, 0.1) is 5.69 Å². The van der Waals surface area contributed by atoms with Gasteiger partial charge in [0.2, 0.25) is 0 Å². The Hall–Kier alpha value is -3.09. The van der Waals surface area contributed by atoms with E-state index in [0.29, 0.717) is 12.5 Å². The molecule has 0 aliphatic heterocycles. The monoisotopic (exact) mass is 435 g/mol. The maximum atomic E-state index is 4.88. The van der Waals surface area contributed by atoms with E-state index in [1.165, 1.54) is 11.1 Å². The Balaban J connectivity index is 1.63. The molecule has 0 aliphatic rings. The molecule has 32 heavy (non-hydrogen) atoms. The zero-order valence-corrected chi connectivity index (χ0v) is 20.1. The summed E-state index contributed by atoms with van der Waals surface area (Å²) in [4.78, 5) is 11.6. The van der Waals surface area contributed by atoms with Crippen molar-refractivity contribution in [1.82, 2.24) is 29.5 Å². The molecule has 0 saturated heterocycles. The number of nitrogens with one attached hydrogen (secondary N) is 1. The van der Waals surface area contributed by atoms with E-state index >= 15 is 0 Å². The normalized spacial score (nSPS) is 11.9. The molecule has 0 unspecified atom stereocenters. The van der Waals surface area contributed by atoms with Gasteiger partial charge in [0, 0.05) is 57.9 Å². The molecule has 0 atom stereocenters. The average Bonchev–Trinajstić information content (AvgIpc) is 3.37. The van der Waals surface area contributed by atoms with Crippen LogP contribution in [0.25, 0.3) is 0 Å². The van der Waals surface area contributed by atoms with Crippen LogP contribution in [-0.2, 0) is 33.1 Å². The highest BCUT2D eigenvalue weighted by atomic mass is 15.3. The summed E-state index contributed by atoms with van der Waals surface area (Å²) in [5.74, 6) is 2.26. The fraction of sp³-hybridized carbons (Fsp3) is 0.480. The first kappa shape index (κ1) is 23.6. The number of nitrogens with zero attached hydrogens (tertiary/aromatic N) is 6. The molecule has 2 heterocycles. The number of aliphatic imine (C=N–C) groups is 1. The molecule has 0 amide bonds. The number of rotatable bonds is 10. The molecule has 172 valence electrons. The van der Waals surface area contributed by atoms with Crippen LogP contribution in [0.4, 0.5) is 0 Å². The van der Waals surface area contributed by atoms with Gasteiger partial charge in [-0.05, 0) is 31.2 Å². The van der Waals surface area contributed by atoms with Gasteiger partial charge in [0.25, 0.3) is 0 Å². The molecule has 2 aromatic heterocycles. The number of hydrogen-bond acceptors (Lipinski definition) is 3. The number of imidazole rings is 1. The SMILES string of the molecule is CCNC(=NCc1nccn1CCCc1ccccc1)N(C)Cc1cn(C)nc1C(C)C. The fourth-order valence-electron chi connectivity index (χ4n) is 3.90. The Bertz CT molecular complexity index is 985. The Kier molecular flexibility index (Phi) is 8.48. The maximum absolute atomic E-state index is 4.88. The van der Waals surface area contributed by atoms with E-state index in [1.807, 2.05) is 17.9 Å². The summed E-state index contributed by atoms with van der Waals surface area (Å²) in [7, 11) is 4.05. The topological polar surface area (TPSA) is 63.3 Å². The Labute approximate surface area is 192 Å². The summed E-state index contributed by atoms with van der Waals surface area (Å²) in [5, 5.41) is 8.05. The molecule has 3 rings (SSSR count). The van der Waals surface area contributed by atoms with E-state index in [2.05, 4.69) is 95.4 Å². The van der Waals surface area contributed by atoms with Crippen LogP contribution in [0.5, 0.6) is 0 Å². The molecule has 0 fully saturated rings. The number of benzene rings is 1. The highest BCUT2D eigenvalue weighted by molar-refractivity contribution is 5.79. The van der Waals surface area contributed by atoms with Gasteiger partial charge in [0.15, 0.2) is 5.96 Å². The maximum Gasteiger partial charge on any atom is 0.194 e. The molecule has 0 spiro atoms. The van der Waals surface area contributed by atoms with E-state index in [1.54, 1.807) is 0 Å². The van der Waals surface area contributed by atoms with Gasteiger partial charge in [-0.25, -0.2) is 9.98 Å². The molecular formula is C25H37N7. The largest absolute Gasteiger partial charge is 0.357 e. The third-order valence-corrected chi connectivity index (χ3v) is 5.47. The van der Waals surface area contributed by atoms with Crippen LogP contribution in [0.2, 0.25) is 0 Å². The van der Waals surface area contributed by atoms with Crippen molar-refractivity contribution in [2.75, 3.05) is 13.6 Å². The number of aromatic nitrogens is 4. The first-order valence-corrected chi connectivity index (χ1v) is 11.5. The summed E-state index contributed by atoms with van der Waals surface area (Å²) in [6.45, 7) is 9.54. The van der Waals surface area contributed by atoms with Gasteiger partial charge in [-0.1, -0.05) is 44.2 Å². The highest BCUT2D eigenvalue weighted by Gasteiger charge is 2.15. The molecule has 3 aromatic rings. The second-order valence-corrected chi connectivity index (χ2v) is 8.52. The summed E-state index contributed by atoms with van der Waals surface area (Å²) >= 11 is 0. The molecule has 1 N–H and O–H groups in total. The number of hydrogen-bond donors (Lipinski definition) is 1. The van der Waals surface area contributed by atoms with Gasteiger partial charge in [0.1, 0.15) is 12.4 Å². The van der Waals surface area contributed by atoms with Crippen molar-refractivity contribution in [3.63, 3.8) is 0 Å². The molecule has 1 aromatic carbocycles. The lowest BCUT2D eigenvalue weighted by Crippen LogP contribution is -2.38. The predicted molar refractivity (Wildman–Crippen MR) is 131 cm³/mol. The zero-order chi connectivity index (χ0) is 22.9. The van der Waals surface area contributed by atoms with Crippen molar-refractivity contribution >= 4 is 5.96 Å². The molecule has 0 saturated carbocycles. The molecule has 0 radical (unpaired) electrons. The van der Waals surface area contributed by atoms with Crippen LogP contribution in [0.3, 0.4) is 0 Å². The third-order valence-electron chi connectivity index (χ3n) is 5.47. The lowest BCUT2D eigenvalue weighted by molar-refractivity contribution is 0.472. The van der Waals surface area contributed by atoms with Crippen molar-refractivity contribution < 1.29 is 0 Å². The lowest BCUT2D eigenvalue weighted by atomic mass is 10.1. The minimum atomic E-state index is 0.391. The van der Waals surface area contributed by atoms with Gasteiger partial charge >= 0.3 is 0 Å². The van der Waals surface area contributed by atoms with Crippen LogP contribution in [0.1, 0.15) is 55.8 Å². The van der Waals surface area contributed by atoms with E-state index in [-0.39, 0.29) is 0 Å². The van der Waals surface area contributed by atoms with Gasteiger partial charge in [-0.3, -0.25) is 4.68 Å². The van der Waals surface area contributed by atoms with Crippen molar-refractivity contribution in [1.29, 1.82) is 0 Å². The molecular weight excluding hydrogens is 398 g/mol. The first-order valence-electron chi connectivity index (χ1n) is 11.5. The number of guanidine groups is 1. The second-order valence-electron chi connectivity index (χ2n) is 8.52. The van der Waals surface area contributed by atoms with Gasteiger partial charge in [-0.15, -0.1) is 0 Å². The first-order chi connectivity index (χ1) is 15.5. The Morgan fingerprint density at radius 2 is 2.00 bits per heavy atom. The van der Waals surface area contributed by atoms with Crippen LogP contribution in [-0.4, -0.2) is 43.8 Å². The summed E-state index contributed by atoms with van der Waals surface area (Å²) in [5.41, 5.74) is 3.75. The predicted octanol–water partition coefficient (Wildman–Crippen LogP) is 3.97. The number of aryl methyl sites for hydroxylation is 3. The van der Waals surface area contributed by atoms with E-state index < -0.39 is 0 Å². The fourth-order valence-corrected chi connectivity index (χ4v) is 3.90. The van der Waals surface area contributed by atoms with Crippen LogP contribution < -0.4 is 5.32 Å². The van der Waals surface area contributed by atoms with Crippen molar-refractivity contribution in [3.05, 3.63) is 71.6 Å². The highest BCUT2D eigenvalue weighted by Crippen LogP contribution is 2.18. The molecule has 0 aliphatic carbocycles. The Morgan fingerprint density at radius 3 is 2.72 bits per heavy atom. The molecule has 7 heteroatoms. The minimum Gasteiger partial charge on any atom is -0.357 e. The minimum absolute atomic E-state index is 0.391. The molecule has 0 bridgehead atoms. The smallest absolute Gasteiger partial charge is 0.194 e. The van der Waals surface area contributed by atoms with Gasteiger partial charge < -0.3 is 14.8 Å². The van der Waals surface area contributed by atoms with E-state index in [4.69, 9.17) is 4.99 Å². The lowest BCUT2D eigenvalue weighted by Gasteiger charge is -2.22. The standard InChI is InChI=1S/C25H37N7/c1-6-26-25(30(4)18-22-19-31(5)29-24(22)20(2)3)28-17-23-27-14-16-32(23)15-10-13-21-11-8-7-9-12-21/h7-9,11-12,14,16,19-20H,6,10,13,15,17-18H2,1-5H3,(H,26,28). The summed E-state index contributed by atoms with van der Waals surface area (Å²) < 4.78 is 4.11. The van der Waals surface area contributed by atoms with E-state index in [9.17, 15) is 0 Å². The van der Waals surface area contributed by atoms with Crippen molar-refractivity contribution in [3.8, 4) is 0 Å². The van der Waals surface area contributed by atoms with Crippen LogP contribution in [0, 0.1) is 0 Å². The zero-order valence-electron chi connectivity index (χ0n) is 20.1. The third kappa shape index (κ3) is 6.45. The van der Waals surface area contributed by atoms with Gasteiger partial charge in [-0.2, -0.15) is 5.10 Å². The van der Waals surface area contributed by atoms with Crippen molar-refractivity contribution in [2.45, 2.75) is 59.2 Å². The summed E-state index contributed by atoms with van der Waals surface area (Å²) in [6, 6.07) is 10.6. The van der Waals surface area contributed by atoms with Crippen LogP contribution >= 0.6 is 0 Å². The van der Waals surface area contributed by atoms with Crippen LogP contribution in [0.15, 0.2) is 53.9 Å². The summed E-state index contributed by atoms with van der Waals surface area (Å²) in [6.07, 6.45) is 8.17. The second kappa shape index (κ2) is 11.5. The average molecular weight is 436 g/mol. The Morgan fingerprint density at radius 1 is 1.22 bits per heavy atom. The van der Waals surface area contributed by atoms with Crippen molar-refractivity contribution in [2.24, 2.45) is 12.0 Å². The molecule has 7 nitrogen and oxygen atoms in total. The quantitative estimate of drug-likeness (QED) is 0.387.